The van der Waals surface area contributed by atoms with Gasteiger partial charge < -0.3 is 9.32 Å². The number of furan rings is 1. The summed E-state index contributed by atoms with van der Waals surface area (Å²) >= 11 is 3.47. The fraction of sp³-hybridized carbons (Fsp3) is 0.267. The van der Waals surface area contributed by atoms with Crippen molar-refractivity contribution >= 4 is 27.5 Å². The average Bonchev–Trinajstić information content (AvgIpc) is 2.90. The molecular formula is C15H14BrNO2. The molecule has 1 atom stereocenters. The number of halogens is 1. The zero-order valence-corrected chi connectivity index (χ0v) is 12.4. The summed E-state index contributed by atoms with van der Waals surface area (Å²) in [7, 11) is 0. The molecule has 3 rings (SSSR count). The van der Waals surface area contributed by atoms with E-state index in [1.54, 1.807) is 12.3 Å². The Bertz CT molecular complexity index is 647. The van der Waals surface area contributed by atoms with Gasteiger partial charge in [-0.1, -0.05) is 15.9 Å². The van der Waals surface area contributed by atoms with E-state index in [-0.39, 0.29) is 11.9 Å². The van der Waals surface area contributed by atoms with E-state index in [1.165, 1.54) is 5.56 Å². The normalized spacial score (nSPS) is 17.6. The highest BCUT2D eigenvalue weighted by Gasteiger charge is 2.32. The minimum Gasteiger partial charge on any atom is -0.469 e. The topological polar surface area (TPSA) is 33.5 Å². The SMILES string of the molecule is Cc1occc1C(=O)N1c2ccc(Br)cc2C[C@H]1C. The summed E-state index contributed by atoms with van der Waals surface area (Å²) in [5.41, 5.74) is 2.85. The lowest BCUT2D eigenvalue weighted by Gasteiger charge is -2.22. The minimum atomic E-state index is 0.0137. The predicted molar refractivity (Wildman–Crippen MR) is 77.6 cm³/mol. The number of fused-ring (bicyclic) bond motifs is 1. The van der Waals surface area contributed by atoms with E-state index in [9.17, 15) is 4.79 Å². The van der Waals surface area contributed by atoms with Gasteiger partial charge in [0.2, 0.25) is 0 Å². The van der Waals surface area contributed by atoms with E-state index >= 15 is 0 Å². The molecule has 1 amide bonds. The highest BCUT2D eigenvalue weighted by molar-refractivity contribution is 9.10. The Morgan fingerprint density at radius 2 is 2.21 bits per heavy atom. The largest absolute Gasteiger partial charge is 0.469 e. The molecule has 0 saturated carbocycles. The molecule has 1 aliphatic rings. The van der Waals surface area contributed by atoms with Gasteiger partial charge in [-0.15, -0.1) is 0 Å². The molecule has 2 aromatic rings. The number of hydrogen-bond donors (Lipinski definition) is 0. The maximum Gasteiger partial charge on any atom is 0.262 e. The Labute approximate surface area is 120 Å². The van der Waals surface area contributed by atoms with E-state index in [0.29, 0.717) is 11.3 Å². The molecule has 0 spiro atoms. The van der Waals surface area contributed by atoms with Crippen LogP contribution in [-0.4, -0.2) is 11.9 Å². The van der Waals surface area contributed by atoms with E-state index in [1.807, 2.05) is 24.0 Å². The molecule has 98 valence electrons. The Balaban J connectivity index is 2.03. The van der Waals surface area contributed by atoms with Crippen LogP contribution >= 0.6 is 15.9 Å². The van der Waals surface area contributed by atoms with Crippen LogP contribution in [0.25, 0.3) is 0 Å². The van der Waals surface area contributed by atoms with Gasteiger partial charge in [-0.3, -0.25) is 4.79 Å². The highest BCUT2D eigenvalue weighted by Crippen LogP contribution is 2.35. The van der Waals surface area contributed by atoms with Gasteiger partial charge >= 0.3 is 0 Å². The van der Waals surface area contributed by atoms with E-state index in [4.69, 9.17) is 4.42 Å². The Kier molecular flexibility index (Phi) is 2.97. The summed E-state index contributed by atoms with van der Waals surface area (Å²) < 4.78 is 6.28. The Morgan fingerprint density at radius 1 is 1.42 bits per heavy atom. The van der Waals surface area contributed by atoms with Crippen molar-refractivity contribution in [3.05, 3.63) is 51.9 Å². The number of carbonyl (C=O) groups is 1. The lowest BCUT2D eigenvalue weighted by atomic mass is 10.1. The summed E-state index contributed by atoms with van der Waals surface area (Å²) in [5, 5.41) is 0. The molecule has 0 unspecified atom stereocenters. The first-order chi connectivity index (χ1) is 9.08. The summed E-state index contributed by atoms with van der Waals surface area (Å²) in [6.07, 6.45) is 2.45. The van der Waals surface area contributed by atoms with Crippen molar-refractivity contribution < 1.29 is 9.21 Å². The van der Waals surface area contributed by atoms with Crippen molar-refractivity contribution in [3.8, 4) is 0 Å². The van der Waals surface area contributed by atoms with Gasteiger partial charge in [0.25, 0.3) is 5.91 Å². The monoisotopic (exact) mass is 319 g/mol. The standard InChI is InChI=1S/C15H14BrNO2/c1-9-7-11-8-12(16)3-4-14(11)17(9)15(18)13-5-6-19-10(13)2/h3-6,8-9H,7H2,1-2H3/t9-/m1/s1. The Hall–Kier alpha value is -1.55. The fourth-order valence-electron chi connectivity index (χ4n) is 2.65. The molecule has 19 heavy (non-hydrogen) atoms. The average molecular weight is 320 g/mol. The third kappa shape index (κ3) is 2.00. The highest BCUT2D eigenvalue weighted by atomic mass is 79.9. The van der Waals surface area contributed by atoms with Crippen LogP contribution in [0.2, 0.25) is 0 Å². The van der Waals surface area contributed by atoms with Crippen LogP contribution in [0.1, 0.15) is 28.6 Å². The van der Waals surface area contributed by atoms with Gasteiger partial charge in [0.05, 0.1) is 11.8 Å². The predicted octanol–water partition coefficient (Wildman–Crippen LogP) is 3.94. The van der Waals surface area contributed by atoms with Crippen LogP contribution in [0.15, 0.2) is 39.4 Å². The van der Waals surface area contributed by atoms with Gasteiger partial charge in [-0.25, -0.2) is 0 Å². The van der Waals surface area contributed by atoms with E-state index in [2.05, 4.69) is 28.9 Å². The van der Waals surface area contributed by atoms with Crippen molar-refractivity contribution in [3.63, 3.8) is 0 Å². The first-order valence-electron chi connectivity index (χ1n) is 6.24. The molecule has 0 aliphatic carbocycles. The van der Waals surface area contributed by atoms with Gasteiger partial charge in [0, 0.05) is 16.2 Å². The van der Waals surface area contributed by atoms with Gasteiger partial charge in [0.1, 0.15) is 5.76 Å². The molecule has 0 bridgehead atoms. The smallest absolute Gasteiger partial charge is 0.262 e. The molecule has 4 heteroatoms. The van der Waals surface area contributed by atoms with Crippen LogP contribution in [0.4, 0.5) is 5.69 Å². The fourth-order valence-corrected chi connectivity index (χ4v) is 3.05. The number of nitrogens with zero attached hydrogens (tertiary/aromatic N) is 1. The number of hydrogen-bond acceptors (Lipinski definition) is 2. The number of amides is 1. The molecular weight excluding hydrogens is 306 g/mol. The number of anilines is 1. The molecule has 1 aliphatic heterocycles. The maximum atomic E-state index is 12.6. The molecule has 1 aromatic heterocycles. The lowest BCUT2D eigenvalue weighted by molar-refractivity contribution is 0.0980. The summed E-state index contributed by atoms with van der Waals surface area (Å²) in [6, 6.07) is 7.96. The van der Waals surface area contributed by atoms with Crippen LogP contribution in [0, 0.1) is 6.92 Å². The molecule has 0 N–H and O–H groups in total. The van der Waals surface area contributed by atoms with Crippen LogP contribution in [0.5, 0.6) is 0 Å². The first kappa shape index (κ1) is 12.5. The number of aryl methyl sites for hydroxylation is 1. The second-order valence-corrected chi connectivity index (χ2v) is 5.81. The zero-order chi connectivity index (χ0) is 13.6. The number of carbonyl (C=O) groups excluding carboxylic acids is 1. The number of rotatable bonds is 1. The molecule has 2 heterocycles. The zero-order valence-electron chi connectivity index (χ0n) is 10.8. The van der Waals surface area contributed by atoms with Crippen molar-refractivity contribution in [2.24, 2.45) is 0 Å². The molecule has 0 saturated heterocycles. The summed E-state index contributed by atoms with van der Waals surface area (Å²) in [5.74, 6) is 0.683. The lowest BCUT2D eigenvalue weighted by Crippen LogP contribution is -2.35. The summed E-state index contributed by atoms with van der Waals surface area (Å²) in [6.45, 7) is 3.89. The van der Waals surface area contributed by atoms with Crippen LogP contribution in [0.3, 0.4) is 0 Å². The molecule has 1 aromatic carbocycles. The van der Waals surface area contributed by atoms with Crippen molar-refractivity contribution in [1.29, 1.82) is 0 Å². The van der Waals surface area contributed by atoms with Crippen LogP contribution in [-0.2, 0) is 6.42 Å². The van der Waals surface area contributed by atoms with Crippen LogP contribution < -0.4 is 4.90 Å². The Morgan fingerprint density at radius 3 is 2.89 bits per heavy atom. The number of benzene rings is 1. The second kappa shape index (κ2) is 4.53. The van der Waals surface area contributed by atoms with Crippen molar-refractivity contribution in [2.75, 3.05) is 4.90 Å². The van der Waals surface area contributed by atoms with Gasteiger partial charge in [-0.05, 0) is 50.1 Å². The molecule has 0 fully saturated rings. The maximum absolute atomic E-state index is 12.6. The summed E-state index contributed by atoms with van der Waals surface area (Å²) in [4.78, 5) is 14.5. The van der Waals surface area contributed by atoms with E-state index in [0.717, 1.165) is 16.6 Å². The molecule has 0 radical (unpaired) electrons. The van der Waals surface area contributed by atoms with Crippen molar-refractivity contribution in [1.82, 2.24) is 0 Å². The minimum absolute atomic E-state index is 0.0137. The van der Waals surface area contributed by atoms with Gasteiger partial charge in [0.15, 0.2) is 0 Å². The van der Waals surface area contributed by atoms with Gasteiger partial charge in [-0.2, -0.15) is 0 Å². The molecule has 3 nitrogen and oxygen atoms in total. The van der Waals surface area contributed by atoms with E-state index < -0.39 is 0 Å². The second-order valence-electron chi connectivity index (χ2n) is 4.89. The third-order valence-corrected chi connectivity index (χ3v) is 4.06. The third-order valence-electron chi connectivity index (χ3n) is 3.57. The van der Waals surface area contributed by atoms with Crippen molar-refractivity contribution in [2.45, 2.75) is 26.3 Å². The quantitative estimate of drug-likeness (QED) is 0.797. The first-order valence-corrected chi connectivity index (χ1v) is 7.03.